The average molecular weight is 731 g/mol. The van der Waals surface area contributed by atoms with Crippen LogP contribution in [-0.4, -0.2) is 19.5 Å². The first-order chi connectivity index (χ1) is 28.2. The monoisotopic (exact) mass is 730 g/mol. The number of nitrogens with zero attached hydrogens (tertiary/aromatic N) is 4. The lowest BCUT2D eigenvalue weighted by Gasteiger charge is -2.09. The van der Waals surface area contributed by atoms with E-state index in [2.05, 4.69) is 144 Å². The van der Waals surface area contributed by atoms with E-state index in [9.17, 15) is 0 Å². The topological polar surface area (TPSA) is 69.9 Å². The molecule has 0 amide bonds. The van der Waals surface area contributed by atoms with Gasteiger partial charge in [-0.15, -0.1) is 0 Å². The lowest BCUT2D eigenvalue weighted by Crippen LogP contribution is -2.00. The number of hydrogen-bond acceptors (Lipinski definition) is 5. The van der Waals surface area contributed by atoms with Gasteiger partial charge in [0, 0.05) is 54.7 Å². The molecule has 4 heterocycles. The summed E-state index contributed by atoms with van der Waals surface area (Å²) in [5, 5.41) is 6.49. The molecule has 8 aromatic carbocycles. The summed E-state index contributed by atoms with van der Waals surface area (Å²) in [6.07, 6.45) is 0. The summed E-state index contributed by atoms with van der Waals surface area (Å²) in [4.78, 5) is 15.3. The third kappa shape index (κ3) is 5.08. The highest BCUT2D eigenvalue weighted by molar-refractivity contribution is 6.17. The average Bonchev–Trinajstić information content (AvgIpc) is 3.94. The minimum Gasteiger partial charge on any atom is -0.456 e. The summed E-state index contributed by atoms with van der Waals surface area (Å²) in [5.41, 5.74) is 11.5. The zero-order valence-electron chi connectivity index (χ0n) is 30.4. The molecule has 0 atom stereocenters. The smallest absolute Gasteiger partial charge is 0.164 e. The van der Waals surface area contributed by atoms with E-state index in [1.807, 2.05) is 42.5 Å². The fraction of sp³-hybridized carbons (Fsp3) is 0. The molecule has 0 radical (unpaired) electrons. The summed E-state index contributed by atoms with van der Waals surface area (Å²) in [6, 6.07) is 62.8. The van der Waals surface area contributed by atoms with Crippen molar-refractivity contribution in [3.05, 3.63) is 182 Å². The van der Waals surface area contributed by atoms with Crippen LogP contribution < -0.4 is 0 Å². The van der Waals surface area contributed by atoms with Crippen LogP contribution >= 0.6 is 0 Å². The van der Waals surface area contributed by atoms with Gasteiger partial charge in [-0.05, 0) is 77.9 Å². The Balaban J connectivity index is 1.04. The second-order valence-electron chi connectivity index (χ2n) is 14.4. The third-order valence-corrected chi connectivity index (χ3v) is 11.1. The van der Waals surface area contributed by atoms with Gasteiger partial charge < -0.3 is 13.4 Å². The molecule has 266 valence electrons. The fourth-order valence-electron chi connectivity index (χ4n) is 8.30. The first kappa shape index (κ1) is 31.5. The van der Waals surface area contributed by atoms with Crippen LogP contribution in [0.25, 0.3) is 117 Å². The molecule has 12 rings (SSSR count). The van der Waals surface area contributed by atoms with E-state index < -0.39 is 0 Å². The van der Waals surface area contributed by atoms with E-state index in [1.165, 1.54) is 5.39 Å². The van der Waals surface area contributed by atoms with Gasteiger partial charge in [-0.1, -0.05) is 115 Å². The molecule has 12 aromatic rings. The second-order valence-corrected chi connectivity index (χ2v) is 14.4. The maximum Gasteiger partial charge on any atom is 0.164 e. The molecule has 0 unspecified atom stereocenters. The molecule has 0 aliphatic rings. The number of rotatable bonds is 5. The van der Waals surface area contributed by atoms with Gasteiger partial charge in [0.2, 0.25) is 0 Å². The predicted molar refractivity (Wildman–Crippen MR) is 230 cm³/mol. The van der Waals surface area contributed by atoms with Crippen molar-refractivity contribution in [3.8, 4) is 51.0 Å². The predicted octanol–water partition coefficient (Wildman–Crippen LogP) is 13.4. The first-order valence-electron chi connectivity index (χ1n) is 19.0. The number of aromatic nitrogens is 4. The summed E-state index contributed by atoms with van der Waals surface area (Å²) in [7, 11) is 0. The molecule has 0 aliphatic heterocycles. The minimum atomic E-state index is 0.565. The van der Waals surface area contributed by atoms with Crippen LogP contribution in [0.4, 0.5) is 0 Å². The molecule has 0 bridgehead atoms. The highest BCUT2D eigenvalue weighted by atomic mass is 16.3. The maximum atomic E-state index is 6.54. The Morgan fingerprint density at radius 2 is 0.825 bits per heavy atom. The van der Waals surface area contributed by atoms with Crippen LogP contribution in [0.5, 0.6) is 0 Å². The van der Waals surface area contributed by atoms with E-state index in [4.69, 9.17) is 23.8 Å². The van der Waals surface area contributed by atoms with Crippen molar-refractivity contribution >= 4 is 65.7 Å². The number of para-hydroxylation sites is 3. The van der Waals surface area contributed by atoms with E-state index in [1.54, 1.807) is 0 Å². The molecule has 0 spiro atoms. The van der Waals surface area contributed by atoms with Crippen molar-refractivity contribution < 1.29 is 8.83 Å². The van der Waals surface area contributed by atoms with Crippen molar-refractivity contribution in [3.63, 3.8) is 0 Å². The van der Waals surface area contributed by atoms with Crippen LogP contribution in [0.2, 0.25) is 0 Å². The lowest BCUT2D eigenvalue weighted by atomic mass is 10.0. The number of furan rings is 2. The highest BCUT2D eigenvalue weighted by Crippen LogP contribution is 2.40. The fourth-order valence-corrected chi connectivity index (χ4v) is 8.30. The molecule has 0 N–H and O–H groups in total. The third-order valence-electron chi connectivity index (χ3n) is 11.1. The zero-order chi connectivity index (χ0) is 37.5. The number of hydrogen-bond donors (Lipinski definition) is 0. The SMILES string of the molecule is c1ccc(-c2ccc(-c3nc(-c4ccc5c(c4)oc4ccccc45)nc(-c4ccc5oc6cc7c8ccccc8n(-c8ccccc8)c7cc6c5c4)n3)cc2)cc1. The van der Waals surface area contributed by atoms with Crippen LogP contribution in [0.1, 0.15) is 0 Å². The number of fused-ring (bicyclic) bond motifs is 9. The van der Waals surface area contributed by atoms with Gasteiger partial charge in [-0.3, -0.25) is 0 Å². The second kappa shape index (κ2) is 12.3. The van der Waals surface area contributed by atoms with E-state index in [0.717, 1.165) is 93.8 Å². The van der Waals surface area contributed by atoms with Crippen LogP contribution in [0.15, 0.2) is 191 Å². The Labute approximate surface area is 325 Å². The van der Waals surface area contributed by atoms with Gasteiger partial charge in [0.15, 0.2) is 17.5 Å². The zero-order valence-corrected chi connectivity index (χ0v) is 30.4. The van der Waals surface area contributed by atoms with E-state index in [0.29, 0.717) is 17.5 Å². The maximum absolute atomic E-state index is 6.54. The highest BCUT2D eigenvalue weighted by Gasteiger charge is 2.19. The molecular formula is C51H30N4O2. The quantitative estimate of drug-likeness (QED) is 0.176. The van der Waals surface area contributed by atoms with Crippen molar-refractivity contribution in [2.24, 2.45) is 0 Å². The van der Waals surface area contributed by atoms with Gasteiger partial charge in [-0.25, -0.2) is 15.0 Å². The Morgan fingerprint density at radius 3 is 1.61 bits per heavy atom. The van der Waals surface area contributed by atoms with Crippen LogP contribution in [0, 0.1) is 0 Å². The van der Waals surface area contributed by atoms with Crippen molar-refractivity contribution in [2.75, 3.05) is 0 Å². The van der Waals surface area contributed by atoms with Gasteiger partial charge in [-0.2, -0.15) is 0 Å². The Kier molecular flexibility index (Phi) is 6.83. The van der Waals surface area contributed by atoms with Crippen LogP contribution in [0.3, 0.4) is 0 Å². The van der Waals surface area contributed by atoms with Crippen molar-refractivity contribution in [1.29, 1.82) is 0 Å². The standard InChI is InChI=1S/C51H30N4O2/c1-3-11-31(12-4-1)32-19-21-33(22-20-32)49-52-50(54-51(53-49)35-23-25-39-38-16-8-10-18-45(38)56-47(39)28-35)34-24-26-46-41(27-34)42-29-44-40(30-48(42)57-46)37-15-7-9-17-43(37)55(44)36-13-5-2-6-14-36/h1-30H. The summed E-state index contributed by atoms with van der Waals surface area (Å²) in [5.74, 6) is 1.73. The Hall–Kier alpha value is -7.83. The molecule has 0 fully saturated rings. The molecule has 6 heteroatoms. The summed E-state index contributed by atoms with van der Waals surface area (Å²) < 4.78 is 15.2. The number of benzene rings is 8. The molecule has 6 nitrogen and oxygen atoms in total. The van der Waals surface area contributed by atoms with E-state index in [-0.39, 0.29) is 0 Å². The molecule has 0 saturated carbocycles. The van der Waals surface area contributed by atoms with Gasteiger partial charge in [0.25, 0.3) is 0 Å². The normalized spacial score (nSPS) is 11.9. The molecule has 4 aromatic heterocycles. The molecular weight excluding hydrogens is 701 g/mol. The largest absolute Gasteiger partial charge is 0.456 e. The van der Waals surface area contributed by atoms with Gasteiger partial charge >= 0.3 is 0 Å². The molecule has 0 aliphatic carbocycles. The summed E-state index contributed by atoms with van der Waals surface area (Å²) >= 11 is 0. The summed E-state index contributed by atoms with van der Waals surface area (Å²) in [6.45, 7) is 0. The van der Waals surface area contributed by atoms with Gasteiger partial charge in [0.05, 0.1) is 11.0 Å². The van der Waals surface area contributed by atoms with Crippen molar-refractivity contribution in [1.82, 2.24) is 19.5 Å². The Morgan fingerprint density at radius 1 is 0.298 bits per heavy atom. The van der Waals surface area contributed by atoms with Crippen molar-refractivity contribution in [2.45, 2.75) is 0 Å². The van der Waals surface area contributed by atoms with Gasteiger partial charge in [0.1, 0.15) is 22.3 Å². The molecule has 57 heavy (non-hydrogen) atoms. The molecule has 0 saturated heterocycles. The lowest BCUT2D eigenvalue weighted by molar-refractivity contribution is 0.669. The Bertz CT molecular complexity index is 3510. The minimum absolute atomic E-state index is 0.565. The van der Waals surface area contributed by atoms with E-state index >= 15 is 0 Å². The first-order valence-corrected chi connectivity index (χ1v) is 19.0. The van der Waals surface area contributed by atoms with Crippen LogP contribution in [-0.2, 0) is 0 Å².